The standard InChI is InChI=1S/C19H18BrN3O/c1-11-12(2)22-18-10-14(8-9-17(18)21-11)19(24)23-13(3)15-6-4-5-7-16(15)20/h4-10,13H,1-3H3,(H,23,24). The van der Waals surface area contributed by atoms with Crippen LogP contribution in [0.2, 0.25) is 0 Å². The number of benzene rings is 2. The number of halogens is 1. The number of rotatable bonds is 3. The summed E-state index contributed by atoms with van der Waals surface area (Å²) in [5.74, 6) is -0.125. The highest BCUT2D eigenvalue weighted by Gasteiger charge is 2.14. The molecule has 1 N–H and O–H groups in total. The molecule has 1 atom stereocenters. The van der Waals surface area contributed by atoms with E-state index >= 15 is 0 Å². The van der Waals surface area contributed by atoms with Gasteiger partial charge in [0.25, 0.3) is 5.91 Å². The van der Waals surface area contributed by atoms with E-state index in [0.717, 1.165) is 32.5 Å². The zero-order chi connectivity index (χ0) is 17.3. The highest BCUT2D eigenvalue weighted by molar-refractivity contribution is 9.10. The average Bonchev–Trinajstić information content (AvgIpc) is 2.55. The van der Waals surface area contributed by atoms with Gasteiger partial charge in [-0.1, -0.05) is 34.1 Å². The van der Waals surface area contributed by atoms with E-state index in [1.165, 1.54) is 0 Å². The normalized spacial score (nSPS) is 12.2. The summed E-state index contributed by atoms with van der Waals surface area (Å²) in [7, 11) is 0. The number of nitrogens with zero attached hydrogens (tertiary/aromatic N) is 2. The fraction of sp³-hybridized carbons (Fsp3) is 0.211. The Hall–Kier alpha value is -2.27. The van der Waals surface area contributed by atoms with Gasteiger partial charge in [-0.25, -0.2) is 9.97 Å². The molecule has 0 aliphatic carbocycles. The van der Waals surface area contributed by atoms with Gasteiger partial charge in [0.2, 0.25) is 0 Å². The van der Waals surface area contributed by atoms with Crippen molar-refractivity contribution in [3.8, 4) is 0 Å². The SMILES string of the molecule is Cc1nc2ccc(C(=O)NC(C)c3ccccc3Br)cc2nc1C. The molecule has 24 heavy (non-hydrogen) atoms. The second-order valence-corrected chi connectivity index (χ2v) is 6.67. The largest absolute Gasteiger partial charge is 0.345 e. The van der Waals surface area contributed by atoms with Gasteiger partial charge >= 0.3 is 0 Å². The monoisotopic (exact) mass is 383 g/mol. The molecular formula is C19H18BrN3O. The smallest absolute Gasteiger partial charge is 0.251 e. The number of fused-ring (bicyclic) bond motifs is 1. The number of nitrogens with one attached hydrogen (secondary N) is 1. The molecule has 1 unspecified atom stereocenters. The van der Waals surface area contributed by atoms with Gasteiger partial charge in [0.15, 0.2) is 0 Å². The first kappa shape index (κ1) is 16.6. The summed E-state index contributed by atoms with van der Waals surface area (Å²) in [6, 6.07) is 13.2. The summed E-state index contributed by atoms with van der Waals surface area (Å²) in [5.41, 5.74) is 4.94. The molecule has 0 fully saturated rings. The van der Waals surface area contributed by atoms with Gasteiger partial charge in [-0.15, -0.1) is 0 Å². The summed E-state index contributed by atoms with van der Waals surface area (Å²) < 4.78 is 0.980. The summed E-state index contributed by atoms with van der Waals surface area (Å²) in [6.07, 6.45) is 0. The molecule has 4 nitrogen and oxygen atoms in total. The van der Waals surface area contributed by atoms with Gasteiger partial charge in [0, 0.05) is 10.0 Å². The summed E-state index contributed by atoms with van der Waals surface area (Å²) in [5, 5.41) is 3.03. The molecule has 0 saturated carbocycles. The maximum Gasteiger partial charge on any atom is 0.251 e. The third kappa shape index (κ3) is 3.31. The molecule has 0 radical (unpaired) electrons. The number of carbonyl (C=O) groups excluding carboxylic acids is 1. The van der Waals surface area contributed by atoms with Crippen LogP contribution in [0.25, 0.3) is 11.0 Å². The first-order valence-corrected chi connectivity index (χ1v) is 8.55. The predicted octanol–water partition coefficient (Wildman–Crippen LogP) is 4.50. The number of aryl methyl sites for hydroxylation is 2. The van der Waals surface area contributed by atoms with Gasteiger partial charge in [-0.2, -0.15) is 0 Å². The minimum absolute atomic E-state index is 0.102. The van der Waals surface area contributed by atoms with Gasteiger partial charge < -0.3 is 5.32 Å². The van der Waals surface area contributed by atoms with E-state index in [0.29, 0.717) is 5.56 Å². The van der Waals surface area contributed by atoms with E-state index < -0.39 is 0 Å². The highest BCUT2D eigenvalue weighted by Crippen LogP contribution is 2.23. The molecule has 3 aromatic rings. The second-order valence-electron chi connectivity index (χ2n) is 5.81. The maximum absolute atomic E-state index is 12.6. The minimum atomic E-state index is -0.125. The Labute approximate surface area is 149 Å². The van der Waals surface area contributed by atoms with Crippen LogP contribution in [0.5, 0.6) is 0 Å². The molecule has 1 heterocycles. The van der Waals surface area contributed by atoms with Crippen LogP contribution in [0.15, 0.2) is 46.9 Å². The van der Waals surface area contributed by atoms with Crippen LogP contribution in [0.1, 0.15) is 40.3 Å². The molecule has 5 heteroatoms. The molecule has 0 aliphatic heterocycles. The van der Waals surface area contributed by atoms with Crippen LogP contribution in [0, 0.1) is 13.8 Å². The molecule has 3 rings (SSSR count). The molecule has 0 bridgehead atoms. The predicted molar refractivity (Wildman–Crippen MR) is 99.0 cm³/mol. The minimum Gasteiger partial charge on any atom is -0.345 e. The van der Waals surface area contributed by atoms with Crippen LogP contribution < -0.4 is 5.32 Å². The third-order valence-electron chi connectivity index (χ3n) is 4.06. The zero-order valence-electron chi connectivity index (χ0n) is 13.8. The molecular weight excluding hydrogens is 366 g/mol. The first-order chi connectivity index (χ1) is 11.5. The van der Waals surface area contributed by atoms with Crippen molar-refractivity contribution >= 4 is 32.9 Å². The molecule has 0 aliphatic rings. The van der Waals surface area contributed by atoms with E-state index in [9.17, 15) is 4.79 Å². The van der Waals surface area contributed by atoms with Gasteiger partial charge in [0.05, 0.1) is 28.5 Å². The highest BCUT2D eigenvalue weighted by atomic mass is 79.9. The number of carbonyl (C=O) groups is 1. The third-order valence-corrected chi connectivity index (χ3v) is 4.78. The lowest BCUT2D eigenvalue weighted by Crippen LogP contribution is -2.26. The topological polar surface area (TPSA) is 54.9 Å². The lowest BCUT2D eigenvalue weighted by molar-refractivity contribution is 0.0940. The Morgan fingerprint density at radius 2 is 1.71 bits per heavy atom. The summed E-state index contributed by atoms with van der Waals surface area (Å²) in [6.45, 7) is 5.82. The van der Waals surface area contributed by atoms with Crippen LogP contribution in [-0.4, -0.2) is 15.9 Å². The number of hydrogen-bond donors (Lipinski definition) is 1. The quantitative estimate of drug-likeness (QED) is 0.724. The van der Waals surface area contributed by atoms with E-state index in [1.54, 1.807) is 12.1 Å². The van der Waals surface area contributed by atoms with Gasteiger partial charge in [-0.3, -0.25) is 4.79 Å². The van der Waals surface area contributed by atoms with Crippen molar-refractivity contribution in [2.24, 2.45) is 0 Å². The summed E-state index contributed by atoms with van der Waals surface area (Å²) in [4.78, 5) is 21.6. The lowest BCUT2D eigenvalue weighted by atomic mass is 10.1. The Morgan fingerprint density at radius 1 is 1.04 bits per heavy atom. The number of hydrogen-bond acceptors (Lipinski definition) is 3. The molecule has 122 valence electrons. The molecule has 0 spiro atoms. The van der Waals surface area contributed by atoms with E-state index in [2.05, 4.69) is 31.2 Å². The van der Waals surface area contributed by atoms with Crippen molar-refractivity contribution in [2.75, 3.05) is 0 Å². The Kier molecular flexibility index (Phi) is 4.62. The van der Waals surface area contributed by atoms with Crippen molar-refractivity contribution in [2.45, 2.75) is 26.8 Å². The first-order valence-electron chi connectivity index (χ1n) is 7.76. The molecule has 1 amide bonds. The van der Waals surface area contributed by atoms with Crippen molar-refractivity contribution < 1.29 is 4.79 Å². The van der Waals surface area contributed by atoms with Crippen molar-refractivity contribution in [3.05, 3.63) is 69.5 Å². The zero-order valence-corrected chi connectivity index (χ0v) is 15.4. The lowest BCUT2D eigenvalue weighted by Gasteiger charge is -2.16. The van der Waals surface area contributed by atoms with Gasteiger partial charge in [-0.05, 0) is 50.6 Å². The van der Waals surface area contributed by atoms with E-state index in [1.807, 2.05) is 51.1 Å². The van der Waals surface area contributed by atoms with Crippen LogP contribution in [-0.2, 0) is 0 Å². The van der Waals surface area contributed by atoms with Crippen LogP contribution in [0.3, 0.4) is 0 Å². The summed E-state index contributed by atoms with van der Waals surface area (Å²) >= 11 is 3.52. The van der Waals surface area contributed by atoms with Crippen molar-refractivity contribution in [3.63, 3.8) is 0 Å². The fourth-order valence-electron chi connectivity index (χ4n) is 2.56. The number of amides is 1. The Bertz CT molecular complexity index is 924. The molecule has 1 aromatic heterocycles. The van der Waals surface area contributed by atoms with Crippen LogP contribution in [0.4, 0.5) is 0 Å². The molecule has 2 aromatic carbocycles. The van der Waals surface area contributed by atoms with E-state index in [-0.39, 0.29) is 11.9 Å². The Morgan fingerprint density at radius 3 is 2.42 bits per heavy atom. The molecule has 0 saturated heterocycles. The van der Waals surface area contributed by atoms with Crippen molar-refractivity contribution in [1.82, 2.24) is 15.3 Å². The second kappa shape index (κ2) is 6.69. The van der Waals surface area contributed by atoms with Gasteiger partial charge in [0.1, 0.15) is 0 Å². The number of aromatic nitrogens is 2. The fourth-order valence-corrected chi connectivity index (χ4v) is 3.18. The van der Waals surface area contributed by atoms with E-state index in [4.69, 9.17) is 0 Å². The van der Waals surface area contributed by atoms with Crippen molar-refractivity contribution in [1.29, 1.82) is 0 Å². The van der Waals surface area contributed by atoms with Crippen LogP contribution >= 0.6 is 15.9 Å². The average molecular weight is 384 g/mol. The maximum atomic E-state index is 12.6. The Balaban J connectivity index is 1.86.